The average Bonchev–Trinajstić information content (AvgIpc) is 2.39. The minimum absolute atomic E-state index is 0.388. The van der Waals surface area contributed by atoms with Crippen molar-refractivity contribution in [1.82, 2.24) is 9.97 Å². The summed E-state index contributed by atoms with van der Waals surface area (Å²) in [5.74, 6) is 1.26. The Morgan fingerprint density at radius 1 is 1.47 bits per heavy atom. The minimum atomic E-state index is 0.388. The average molecular weight is 258 g/mol. The molecular formula is C12H20ClN3O. The largest absolute Gasteiger partial charge is 0.383 e. The monoisotopic (exact) mass is 257 g/mol. The standard InChI is InChI=1S/C12H20ClN3O/c1-4-10(2)16(5-6-17-3)12-9-14-8-11(7-13)15-12/h8-10H,4-7H2,1-3H3. The molecule has 1 atom stereocenters. The van der Waals surface area contributed by atoms with Gasteiger partial charge in [0.05, 0.1) is 24.4 Å². The highest BCUT2D eigenvalue weighted by Crippen LogP contribution is 2.15. The van der Waals surface area contributed by atoms with Crippen LogP contribution in [0.1, 0.15) is 26.0 Å². The quantitative estimate of drug-likeness (QED) is 0.704. The van der Waals surface area contributed by atoms with Crippen LogP contribution in [0.25, 0.3) is 0 Å². The number of rotatable bonds is 7. The molecule has 0 aromatic carbocycles. The van der Waals surface area contributed by atoms with E-state index in [1.165, 1.54) is 0 Å². The van der Waals surface area contributed by atoms with E-state index in [1.54, 1.807) is 19.5 Å². The fraction of sp³-hybridized carbons (Fsp3) is 0.667. The second-order valence-corrected chi connectivity index (χ2v) is 4.21. The molecule has 1 unspecified atom stereocenters. The summed E-state index contributed by atoms with van der Waals surface area (Å²) in [6, 6.07) is 0.407. The Balaban J connectivity index is 2.86. The molecule has 1 aromatic heterocycles. The first-order valence-corrected chi connectivity index (χ1v) is 6.38. The first-order valence-electron chi connectivity index (χ1n) is 5.85. The van der Waals surface area contributed by atoms with Crippen molar-refractivity contribution in [1.29, 1.82) is 0 Å². The van der Waals surface area contributed by atoms with Crippen LogP contribution < -0.4 is 4.90 Å². The van der Waals surface area contributed by atoms with Gasteiger partial charge in [-0.15, -0.1) is 11.6 Å². The summed E-state index contributed by atoms with van der Waals surface area (Å²) in [7, 11) is 1.70. The number of halogens is 1. The van der Waals surface area contributed by atoms with Gasteiger partial charge in [-0.1, -0.05) is 6.92 Å². The molecule has 0 bridgehead atoms. The van der Waals surface area contributed by atoms with Crippen LogP contribution in [0.2, 0.25) is 0 Å². The first kappa shape index (κ1) is 14.2. The summed E-state index contributed by atoms with van der Waals surface area (Å²) in [5.41, 5.74) is 0.801. The van der Waals surface area contributed by atoms with Crippen LogP contribution in [-0.2, 0) is 10.6 Å². The Hall–Kier alpha value is -0.870. The normalized spacial score (nSPS) is 12.5. The molecule has 0 aliphatic carbocycles. The van der Waals surface area contributed by atoms with E-state index in [0.29, 0.717) is 18.5 Å². The van der Waals surface area contributed by atoms with Crippen LogP contribution in [0.5, 0.6) is 0 Å². The van der Waals surface area contributed by atoms with Gasteiger partial charge in [0.1, 0.15) is 5.82 Å². The maximum atomic E-state index is 5.78. The summed E-state index contributed by atoms with van der Waals surface area (Å²) in [5, 5.41) is 0. The molecule has 5 heteroatoms. The Morgan fingerprint density at radius 2 is 2.24 bits per heavy atom. The summed E-state index contributed by atoms with van der Waals surface area (Å²) < 4.78 is 5.13. The molecule has 0 saturated carbocycles. The van der Waals surface area contributed by atoms with Gasteiger partial charge in [0, 0.05) is 25.9 Å². The van der Waals surface area contributed by atoms with Gasteiger partial charge < -0.3 is 9.64 Å². The summed E-state index contributed by atoms with van der Waals surface area (Å²) in [4.78, 5) is 10.9. The second kappa shape index (κ2) is 7.45. The van der Waals surface area contributed by atoms with Gasteiger partial charge in [-0.2, -0.15) is 0 Å². The Bertz CT molecular complexity index is 335. The number of hydrogen-bond donors (Lipinski definition) is 0. The van der Waals surface area contributed by atoms with Crippen molar-refractivity contribution in [3.8, 4) is 0 Å². The highest BCUT2D eigenvalue weighted by molar-refractivity contribution is 6.16. The first-order chi connectivity index (χ1) is 8.22. The molecule has 4 nitrogen and oxygen atoms in total. The van der Waals surface area contributed by atoms with Gasteiger partial charge in [0.25, 0.3) is 0 Å². The third kappa shape index (κ3) is 4.13. The number of nitrogens with zero attached hydrogens (tertiary/aromatic N) is 3. The van der Waals surface area contributed by atoms with Gasteiger partial charge in [0.15, 0.2) is 0 Å². The van der Waals surface area contributed by atoms with E-state index in [9.17, 15) is 0 Å². The molecule has 0 N–H and O–H groups in total. The smallest absolute Gasteiger partial charge is 0.147 e. The van der Waals surface area contributed by atoms with Crippen LogP contribution >= 0.6 is 11.6 Å². The van der Waals surface area contributed by atoms with Crippen LogP contribution in [0.15, 0.2) is 12.4 Å². The molecule has 0 fully saturated rings. The van der Waals surface area contributed by atoms with Crippen molar-refractivity contribution in [3.05, 3.63) is 18.1 Å². The third-order valence-corrected chi connectivity index (χ3v) is 3.04. The van der Waals surface area contributed by atoms with E-state index in [2.05, 4.69) is 28.7 Å². The lowest BCUT2D eigenvalue weighted by molar-refractivity contribution is 0.203. The van der Waals surface area contributed by atoms with Crippen molar-refractivity contribution >= 4 is 17.4 Å². The zero-order chi connectivity index (χ0) is 12.7. The second-order valence-electron chi connectivity index (χ2n) is 3.95. The molecule has 0 aliphatic rings. The summed E-state index contributed by atoms with van der Waals surface area (Å²) >= 11 is 5.78. The van der Waals surface area contributed by atoms with E-state index in [1.807, 2.05) is 0 Å². The van der Waals surface area contributed by atoms with Crippen molar-refractivity contribution in [3.63, 3.8) is 0 Å². The molecule has 0 radical (unpaired) electrons. The van der Waals surface area contributed by atoms with Gasteiger partial charge in [-0.3, -0.25) is 4.98 Å². The fourth-order valence-corrected chi connectivity index (χ4v) is 1.70. The Kier molecular flexibility index (Phi) is 6.22. The highest BCUT2D eigenvalue weighted by Gasteiger charge is 2.14. The molecule has 17 heavy (non-hydrogen) atoms. The molecule has 0 aliphatic heterocycles. The number of alkyl halides is 1. The molecule has 0 spiro atoms. The van der Waals surface area contributed by atoms with Gasteiger partial charge >= 0.3 is 0 Å². The topological polar surface area (TPSA) is 38.2 Å². The number of aromatic nitrogens is 2. The van der Waals surface area contributed by atoms with Crippen LogP contribution in [0.3, 0.4) is 0 Å². The molecule has 0 saturated heterocycles. The minimum Gasteiger partial charge on any atom is -0.383 e. The van der Waals surface area contributed by atoms with Gasteiger partial charge in [0.2, 0.25) is 0 Å². The lowest BCUT2D eigenvalue weighted by atomic mass is 10.2. The van der Waals surface area contributed by atoms with E-state index < -0.39 is 0 Å². The van der Waals surface area contributed by atoms with Gasteiger partial charge in [-0.05, 0) is 13.3 Å². The summed E-state index contributed by atoms with van der Waals surface area (Å²) in [6.45, 7) is 5.82. The Morgan fingerprint density at radius 3 is 2.82 bits per heavy atom. The molecule has 1 heterocycles. The Labute approximate surface area is 108 Å². The van der Waals surface area contributed by atoms with Crippen LogP contribution in [0, 0.1) is 0 Å². The maximum Gasteiger partial charge on any atom is 0.147 e. The predicted molar refractivity (Wildman–Crippen MR) is 70.6 cm³/mol. The fourth-order valence-electron chi connectivity index (χ4n) is 1.57. The zero-order valence-electron chi connectivity index (χ0n) is 10.7. The number of ether oxygens (including phenoxy) is 1. The van der Waals surface area contributed by atoms with Crippen molar-refractivity contribution < 1.29 is 4.74 Å². The lowest BCUT2D eigenvalue weighted by Crippen LogP contribution is -2.36. The van der Waals surface area contributed by atoms with Crippen molar-refractivity contribution in [2.24, 2.45) is 0 Å². The maximum absolute atomic E-state index is 5.78. The molecule has 1 rings (SSSR count). The van der Waals surface area contributed by atoms with Gasteiger partial charge in [-0.25, -0.2) is 4.98 Å². The van der Waals surface area contributed by atoms with E-state index >= 15 is 0 Å². The number of hydrogen-bond acceptors (Lipinski definition) is 4. The molecule has 1 aromatic rings. The highest BCUT2D eigenvalue weighted by atomic mass is 35.5. The lowest BCUT2D eigenvalue weighted by Gasteiger charge is -2.29. The number of methoxy groups -OCH3 is 1. The van der Waals surface area contributed by atoms with E-state index in [-0.39, 0.29) is 0 Å². The molecular weight excluding hydrogens is 238 g/mol. The van der Waals surface area contributed by atoms with Crippen LogP contribution in [0.4, 0.5) is 5.82 Å². The zero-order valence-corrected chi connectivity index (χ0v) is 11.4. The predicted octanol–water partition coefficient (Wildman–Crippen LogP) is 2.47. The van der Waals surface area contributed by atoms with Crippen LogP contribution in [-0.4, -0.2) is 36.3 Å². The van der Waals surface area contributed by atoms with Crippen molar-refractivity contribution in [2.75, 3.05) is 25.2 Å². The number of anilines is 1. The third-order valence-electron chi connectivity index (χ3n) is 2.76. The van der Waals surface area contributed by atoms with E-state index in [0.717, 1.165) is 24.5 Å². The van der Waals surface area contributed by atoms with Crippen molar-refractivity contribution in [2.45, 2.75) is 32.2 Å². The SMILES string of the molecule is CCC(C)N(CCOC)c1cncc(CCl)n1. The molecule has 96 valence electrons. The van der Waals surface area contributed by atoms with E-state index in [4.69, 9.17) is 16.3 Å². The summed E-state index contributed by atoms with van der Waals surface area (Å²) in [6.07, 6.45) is 4.52. The molecule has 0 amide bonds.